The maximum atomic E-state index is 11.6. The fraction of sp³-hybridized carbons (Fsp3) is 0.562. The molecule has 1 atom stereocenters. The molecule has 0 spiro atoms. The van der Waals surface area contributed by atoms with Crippen molar-refractivity contribution in [2.45, 2.75) is 32.2 Å². The summed E-state index contributed by atoms with van der Waals surface area (Å²) in [6.07, 6.45) is 3.90. The molecule has 3 N–H and O–H groups in total. The Bertz CT molecular complexity index is 484. The number of anilines is 2. The van der Waals surface area contributed by atoms with Crippen LogP contribution in [0.15, 0.2) is 18.2 Å². The van der Waals surface area contributed by atoms with Gasteiger partial charge in [0, 0.05) is 12.6 Å². The Morgan fingerprint density at radius 3 is 2.76 bits per heavy atom. The number of nitrogens with two attached hydrogens (primary N) is 1. The van der Waals surface area contributed by atoms with Gasteiger partial charge in [-0.25, -0.2) is 4.79 Å². The van der Waals surface area contributed by atoms with Gasteiger partial charge >= 0.3 is 5.97 Å². The van der Waals surface area contributed by atoms with Crippen LogP contribution < -0.4 is 11.1 Å². The second kappa shape index (κ2) is 7.31. The monoisotopic (exact) mass is 291 g/mol. The highest BCUT2D eigenvalue weighted by Gasteiger charge is 2.17. The molecule has 0 bridgehead atoms. The Morgan fingerprint density at radius 2 is 2.10 bits per heavy atom. The lowest BCUT2D eigenvalue weighted by molar-refractivity contribution is 0.0601. The molecule has 0 amide bonds. The zero-order valence-electron chi connectivity index (χ0n) is 12.9. The zero-order chi connectivity index (χ0) is 15.2. The first kappa shape index (κ1) is 15.6. The first-order valence-corrected chi connectivity index (χ1v) is 7.57. The number of carbonyl (C=O) groups is 1. The van der Waals surface area contributed by atoms with Crippen molar-refractivity contribution in [2.75, 3.05) is 37.8 Å². The van der Waals surface area contributed by atoms with Gasteiger partial charge in [0.1, 0.15) is 0 Å². The Labute approximate surface area is 126 Å². The van der Waals surface area contributed by atoms with Crippen molar-refractivity contribution in [2.24, 2.45) is 0 Å². The molecule has 5 nitrogen and oxygen atoms in total. The minimum atomic E-state index is -0.345. The standard InChI is InChI=1S/C16H25N3O2/c1-12(19-8-4-3-5-9-19)11-18-15-10-13(16(20)21-2)6-7-14(15)17/h6-7,10,12,18H,3-5,8-9,11,17H2,1-2H3. The molecular formula is C16H25N3O2. The summed E-state index contributed by atoms with van der Waals surface area (Å²) in [5.41, 5.74) is 7.92. The first-order chi connectivity index (χ1) is 10.1. The predicted molar refractivity (Wildman–Crippen MR) is 85.6 cm³/mol. The number of nitrogen functional groups attached to an aromatic ring is 1. The Morgan fingerprint density at radius 1 is 1.38 bits per heavy atom. The van der Waals surface area contributed by atoms with Crippen LogP contribution in [0, 0.1) is 0 Å². The summed E-state index contributed by atoms with van der Waals surface area (Å²) in [5, 5.41) is 3.35. The topological polar surface area (TPSA) is 67.6 Å². The van der Waals surface area contributed by atoms with Crippen molar-refractivity contribution in [1.29, 1.82) is 0 Å². The lowest BCUT2D eigenvalue weighted by atomic mass is 10.1. The highest BCUT2D eigenvalue weighted by Crippen LogP contribution is 2.21. The number of methoxy groups -OCH3 is 1. The maximum absolute atomic E-state index is 11.6. The van der Waals surface area contributed by atoms with Gasteiger partial charge < -0.3 is 15.8 Å². The van der Waals surface area contributed by atoms with Gasteiger partial charge in [-0.1, -0.05) is 6.42 Å². The van der Waals surface area contributed by atoms with Crippen LogP contribution in [-0.4, -0.2) is 43.7 Å². The molecule has 1 aromatic rings. The number of hydrogen-bond donors (Lipinski definition) is 2. The van der Waals surface area contributed by atoms with Gasteiger partial charge in [-0.15, -0.1) is 0 Å². The van der Waals surface area contributed by atoms with Crippen molar-refractivity contribution in [3.8, 4) is 0 Å². The third kappa shape index (κ3) is 4.11. The summed E-state index contributed by atoms with van der Waals surface area (Å²) in [6, 6.07) is 5.62. The fourth-order valence-corrected chi connectivity index (χ4v) is 2.70. The molecule has 0 saturated carbocycles. The van der Waals surface area contributed by atoms with Gasteiger partial charge in [0.15, 0.2) is 0 Å². The van der Waals surface area contributed by atoms with Crippen molar-refractivity contribution >= 4 is 17.3 Å². The smallest absolute Gasteiger partial charge is 0.337 e. The van der Waals surface area contributed by atoms with E-state index in [0.717, 1.165) is 12.2 Å². The quantitative estimate of drug-likeness (QED) is 0.644. The largest absolute Gasteiger partial charge is 0.465 e. The average molecular weight is 291 g/mol. The summed E-state index contributed by atoms with van der Waals surface area (Å²) < 4.78 is 4.74. The fourth-order valence-electron chi connectivity index (χ4n) is 2.70. The van der Waals surface area contributed by atoms with Crippen LogP contribution in [0.5, 0.6) is 0 Å². The Kier molecular flexibility index (Phi) is 5.44. The number of benzene rings is 1. The number of ether oxygens (including phenoxy) is 1. The number of hydrogen-bond acceptors (Lipinski definition) is 5. The zero-order valence-corrected chi connectivity index (χ0v) is 12.9. The van der Waals surface area contributed by atoms with E-state index in [2.05, 4.69) is 17.1 Å². The van der Waals surface area contributed by atoms with Crippen LogP contribution in [0.25, 0.3) is 0 Å². The van der Waals surface area contributed by atoms with Gasteiger partial charge in [-0.3, -0.25) is 4.90 Å². The number of rotatable bonds is 5. The molecule has 1 fully saturated rings. The van der Waals surface area contributed by atoms with Gasteiger partial charge in [0.25, 0.3) is 0 Å². The van der Waals surface area contributed by atoms with E-state index in [9.17, 15) is 4.79 Å². The summed E-state index contributed by atoms with van der Waals surface area (Å²) in [5.74, 6) is -0.345. The molecule has 1 aromatic carbocycles. The van der Waals surface area contributed by atoms with Crippen molar-refractivity contribution in [1.82, 2.24) is 4.90 Å². The van der Waals surface area contributed by atoms with Crippen molar-refractivity contribution in [3.05, 3.63) is 23.8 Å². The van der Waals surface area contributed by atoms with Crippen LogP contribution in [-0.2, 0) is 4.74 Å². The van der Waals surface area contributed by atoms with Crippen LogP contribution >= 0.6 is 0 Å². The van der Waals surface area contributed by atoms with Crippen LogP contribution in [0.2, 0.25) is 0 Å². The molecule has 116 valence electrons. The van der Waals surface area contributed by atoms with E-state index in [4.69, 9.17) is 10.5 Å². The normalized spacial score (nSPS) is 17.2. The Hall–Kier alpha value is -1.75. The van der Waals surface area contributed by atoms with E-state index in [1.54, 1.807) is 18.2 Å². The van der Waals surface area contributed by atoms with Crippen LogP contribution in [0.3, 0.4) is 0 Å². The van der Waals surface area contributed by atoms with E-state index in [1.165, 1.54) is 39.5 Å². The number of esters is 1. The van der Waals surface area contributed by atoms with Gasteiger partial charge in [0.2, 0.25) is 0 Å². The lowest BCUT2D eigenvalue weighted by Gasteiger charge is -2.32. The van der Waals surface area contributed by atoms with Gasteiger partial charge in [-0.2, -0.15) is 0 Å². The number of nitrogens with one attached hydrogen (secondary N) is 1. The average Bonchev–Trinajstić information content (AvgIpc) is 2.53. The maximum Gasteiger partial charge on any atom is 0.337 e. The summed E-state index contributed by atoms with van der Waals surface area (Å²) >= 11 is 0. The van der Waals surface area contributed by atoms with E-state index in [-0.39, 0.29) is 5.97 Å². The molecule has 5 heteroatoms. The summed E-state index contributed by atoms with van der Waals surface area (Å²) in [6.45, 7) is 5.37. The molecule has 0 aromatic heterocycles. The number of likely N-dealkylation sites (tertiary alicyclic amines) is 1. The molecule has 21 heavy (non-hydrogen) atoms. The molecule has 1 saturated heterocycles. The molecule has 0 radical (unpaired) electrons. The SMILES string of the molecule is COC(=O)c1ccc(N)c(NCC(C)N2CCCCC2)c1. The molecule has 2 rings (SSSR count). The summed E-state index contributed by atoms with van der Waals surface area (Å²) in [4.78, 5) is 14.1. The van der Waals surface area contributed by atoms with Gasteiger partial charge in [0.05, 0.1) is 24.0 Å². The van der Waals surface area contributed by atoms with Crippen LogP contribution in [0.4, 0.5) is 11.4 Å². The molecule has 0 aliphatic carbocycles. The molecular weight excluding hydrogens is 266 g/mol. The predicted octanol–water partition coefficient (Wildman–Crippen LogP) is 2.34. The third-order valence-electron chi connectivity index (χ3n) is 4.08. The van der Waals surface area contributed by atoms with Crippen molar-refractivity contribution < 1.29 is 9.53 Å². The second-order valence-electron chi connectivity index (χ2n) is 5.62. The molecule has 1 unspecified atom stereocenters. The lowest BCUT2D eigenvalue weighted by Crippen LogP contribution is -2.41. The first-order valence-electron chi connectivity index (χ1n) is 7.57. The van der Waals surface area contributed by atoms with E-state index < -0.39 is 0 Å². The van der Waals surface area contributed by atoms with E-state index in [1.807, 2.05) is 0 Å². The summed E-state index contributed by atoms with van der Waals surface area (Å²) in [7, 11) is 1.38. The Balaban J connectivity index is 1.96. The number of carbonyl (C=O) groups excluding carboxylic acids is 1. The minimum Gasteiger partial charge on any atom is -0.465 e. The second-order valence-corrected chi connectivity index (χ2v) is 5.62. The minimum absolute atomic E-state index is 0.345. The van der Waals surface area contributed by atoms with E-state index >= 15 is 0 Å². The number of nitrogens with zero attached hydrogens (tertiary/aromatic N) is 1. The highest BCUT2D eigenvalue weighted by molar-refractivity contribution is 5.91. The highest BCUT2D eigenvalue weighted by atomic mass is 16.5. The van der Waals surface area contributed by atoms with E-state index in [0.29, 0.717) is 17.3 Å². The van der Waals surface area contributed by atoms with Gasteiger partial charge in [-0.05, 0) is 51.1 Å². The van der Waals surface area contributed by atoms with Crippen molar-refractivity contribution in [3.63, 3.8) is 0 Å². The molecule has 1 heterocycles. The molecule has 1 aliphatic rings. The third-order valence-corrected chi connectivity index (χ3v) is 4.08. The van der Waals surface area contributed by atoms with Crippen LogP contribution in [0.1, 0.15) is 36.5 Å². The number of piperidine rings is 1. The molecule has 1 aliphatic heterocycles.